The fourth-order valence-electron chi connectivity index (χ4n) is 1.18. The van der Waals surface area contributed by atoms with E-state index in [4.69, 9.17) is 16.9 Å². The van der Waals surface area contributed by atoms with Crippen molar-refractivity contribution < 1.29 is 18.0 Å². The molecule has 1 aliphatic rings. The Kier molecular flexibility index (Phi) is 2.43. The topological polar surface area (TPSA) is 57.5 Å². The molecule has 2 N–H and O–H groups in total. The van der Waals surface area contributed by atoms with Crippen molar-refractivity contribution >= 4 is 33.9 Å². The average Bonchev–Trinajstić information content (AvgIpc) is 2.06. The Morgan fingerprint density at radius 1 is 1.73 bits per heavy atom. The summed E-state index contributed by atoms with van der Waals surface area (Å²) in [5, 5.41) is 17.8. The number of halogens is 2. The van der Waals surface area contributed by atoms with Crippen LogP contribution in [0.2, 0.25) is 0 Å². The summed E-state index contributed by atoms with van der Waals surface area (Å²) in [6.45, 7) is 0.416. The first-order valence-corrected chi connectivity index (χ1v) is 4.18. The lowest BCUT2D eigenvalue weighted by Crippen LogP contribution is -2.44. The molecule has 0 aromatic rings. The number of nitrogens with zero attached hydrogens (tertiary/aromatic N) is 1. The largest absolute Gasteiger partial charge is 0.477 e. The minimum Gasteiger partial charge on any atom is -0.477 e. The zero-order valence-corrected chi connectivity index (χ0v) is 7.92. The van der Waals surface area contributed by atoms with E-state index >= 15 is 0 Å². The maximum absolute atomic E-state index is 10.5. The van der Waals surface area contributed by atoms with E-state index in [-0.39, 0.29) is 3.03 Å². The highest BCUT2D eigenvalue weighted by Crippen LogP contribution is 2.35. The molecule has 0 saturated carbocycles. The third-order valence-electron chi connectivity index (χ3n) is 1.75. The number of aliphatic carboxylic acids is 1. The van der Waals surface area contributed by atoms with Crippen molar-refractivity contribution in [3.05, 3.63) is 0 Å². The first-order valence-electron chi connectivity index (χ1n) is 3.13. The molecule has 0 amide bonds. The van der Waals surface area contributed by atoms with E-state index in [2.05, 4.69) is 16.1 Å². The molecule has 1 fully saturated rings. The van der Waals surface area contributed by atoms with Gasteiger partial charge in [-0.3, -0.25) is 0 Å². The minimum atomic E-state index is -1.08. The molecule has 0 aromatic carbocycles. The maximum atomic E-state index is 10.5. The van der Waals surface area contributed by atoms with Crippen LogP contribution in [0.5, 0.6) is 0 Å². The van der Waals surface area contributed by atoms with Gasteiger partial charge in [-0.15, -0.1) is 3.03 Å². The Bertz CT molecular complexity index is 187. The van der Waals surface area contributed by atoms with Gasteiger partial charge in [-0.2, -0.15) is 0 Å². The molecule has 0 spiro atoms. The van der Waals surface area contributed by atoms with Crippen LogP contribution in [0.15, 0.2) is 0 Å². The Labute approximate surface area is 77.4 Å². The Balaban J connectivity index is 2.80. The zero-order valence-electron chi connectivity index (χ0n) is 5.57. The maximum Gasteiger partial charge on any atom is 0.367 e. The third-order valence-corrected chi connectivity index (χ3v) is 2.92. The van der Waals surface area contributed by atoms with Gasteiger partial charge >= 0.3 is 5.97 Å². The van der Waals surface area contributed by atoms with Gasteiger partial charge in [0.1, 0.15) is 12.6 Å². The van der Waals surface area contributed by atoms with Gasteiger partial charge in [0.05, 0.1) is 0 Å². The van der Waals surface area contributed by atoms with Crippen molar-refractivity contribution in [3.63, 3.8) is 0 Å². The summed E-state index contributed by atoms with van der Waals surface area (Å²) in [7, 11) is 0. The van der Waals surface area contributed by atoms with Crippen LogP contribution in [0.25, 0.3) is 0 Å². The highest BCUT2D eigenvalue weighted by atomic mass is 79.9. The molecule has 6 heteroatoms. The zero-order chi connectivity index (χ0) is 8.65. The highest BCUT2D eigenvalue weighted by molar-refractivity contribution is 9.05. The van der Waals surface area contributed by atoms with Crippen LogP contribution in [0.4, 0.5) is 0 Å². The average molecular weight is 245 g/mol. The van der Waals surface area contributed by atoms with E-state index in [0.717, 1.165) is 0 Å². The quantitative estimate of drug-likeness (QED) is 0.661. The van der Waals surface area contributed by atoms with Crippen LogP contribution in [0, 0.1) is 0 Å². The lowest BCUT2D eigenvalue weighted by Gasteiger charge is -2.19. The van der Waals surface area contributed by atoms with E-state index < -0.39 is 18.1 Å². The third kappa shape index (κ3) is 1.66. The molecule has 11 heavy (non-hydrogen) atoms. The van der Waals surface area contributed by atoms with Crippen molar-refractivity contribution in [2.45, 2.75) is 18.6 Å². The predicted molar refractivity (Wildman–Crippen MR) is 42.0 cm³/mol. The molecule has 2 unspecified atom stereocenters. The van der Waals surface area contributed by atoms with Crippen LogP contribution in [0.1, 0.15) is 6.42 Å². The summed E-state index contributed by atoms with van der Waals surface area (Å²) < 4.78 is -0.330. The number of carbonyl (C=O) groups is 1. The summed E-state index contributed by atoms with van der Waals surface area (Å²) in [6, 6.07) is -0.961. The smallest absolute Gasteiger partial charge is 0.367 e. The SMILES string of the molecule is O=C(O)[C@@H]1C(O)CC[N+]1(Cl)Br. The summed E-state index contributed by atoms with van der Waals surface area (Å²) >= 11 is 8.75. The molecule has 0 bridgehead atoms. The van der Waals surface area contributed by atoms with Gasteiger partial charge in [-0.05, 0) is 0 Å². The van der Waals surface area contributed by atoms with Crippen LogP contribution in [0.3, 0.4) is 0 Å². The molecule has 3 atom stereocenters. The molecule has 0 radical (unpaired) electrons. The molecule has 1 heterocycles. The Hall–Kier alpha value is 0.160. The van der Waals surface area contributed by atoms with Crippen LogP contribution in [-0.2, 0) is 4.79 Å². The molecule has 0 aromatic heterocycles. The lowest BCUT2D eigenvalue weighted by molar-refractivity contribution is -0.659. The van der Waals surface area contributed by atoms with Gasteiger partial charge < -0.3 is 10.2 Å². The van der Waals surface area contributed by atoms with Crippen molar-refractivity contribution in [2.75, 3.05) is 6.54 Å². The van der Waals surface area contributed by atoms with E-state index in [1.807, 2.05) is 0 Å². The van der Waals surface area contributed by atoms with Crippen LogP contribution in [-0.4, -0.2) is 37.9 Å². The monoisotopic (exact) mass is 244 g/mol. The summed E-state index contributed by atoms with van der Waals surface area (Å²) in [5.41, 5.74) is 0. The number of aliphatic hydroxyl groups excluding tert-OH is 1. The summed E-state index contributed by atoms with van der Waals surface area (Å²) in [6.07, 6.45) is -0.449. The summed E-state index contributed by atoms with van der Waals surface area (Å²) in [4.78, 5) is 10.5. The molecule has 0 aliphatic carbocycles. The van der Waals surface area contributed by atoms with Crippen LogP contribution < -0.4 is 0 Å². The number of hydrogen-bond acceptors (Lipinski definition) is 2. The van der Waals surface area contributed by atoms with Gasteiger partial charge in [0, 0.05) is 6.42 Å². The van der Waals surface area contributed by atoms with E-state index in [1.165, 1.54) is 0 Å². The molecule has 4 nitrogen and oxygen atoms in total. The second kappa shape index (κ2) is 2.90. The number of quaternary nitrogens is 1. The molecular weight excluding hydrogens is 237 g/mol. The number of aliphatic hydroxyl groups is 1. The van der Waals surface area contributed by atoms with Crippen molar-refractivity contribution in [3.8, 4) is 0 Å². The van der Waals surface area contributed by atoms with Gasteiger partial charge in [-0.1, -0.05) is 0 Å². The second-order valence-electron chi connectivity index (χ2n) is 2.54. The summed E-state index contributed by atoms with van der Waals surface area (Å²) in [5.74, 6) is -1.08. The lowest BCUT2D eigenvalue weighted by atomic mass is 10.2. The standard InChI is InChI=1S/C5H7BrClNO3/c6-8(7)2-1-3(9)4(8)5(10)11/h3-4,9H,1-2H2/p+1/t3?,4-,8?/m0/s1. The van der Waals surface area contributed by atoms with E-state index in [0.29, 0.717) is 13.0 Å². The Morgan fingerprint density at radius 3 is 2.45 bits per heavy atom. The molecular formula is C5H8BrClNO3+. The number of rotatable bonds is 1. The Morgan fingerprint density at radius 2 is 2.27 bits per heavy atom. The highest BCUT2D eigenvalue weighted by Gasteiger charge is 2.52. The number of carboxylic acids is 1. The fourth-order valence-corrected chi connectivity index (χ4v) is 2.14. The van der Waals surface area contributed by atoms with Crippen molar-refractivity contribution in [2.24, 2.45) is 0 Å². The number of hydrogen-bond donors (Lipinski definition) is 2. The second-order valence-corrected chi connectivity index (χ2v) is 4.82. The minimum absolute atomic E-state index is 0.330. The molecule has 64 valence electrons. The first-order chi connectivity index (χ1) is 4.95. The molecule has 1 rings (SSSR count). The molecule has 1 aliphatic heterocycles. The molecule has 1 saturated heterocycles. The van der Waals surface area contributed by atoms with E-state index in [9.17, 15) is 9.90 Å². The van der Waals surface area contributed by atoms with Gasteiger partial charge in [-0.25, -0.2) is 4.79 Å². The van der Waals surface area contributed by atoms with E-state index in [1.54, 1.807) is 0 Å². The van der Waals surface area contributed by atoms with Crippen molar-refractivity contribution in [1.29, 1.82) is 0 Å². The predicted octanol–water partition coefficient (Wildman–Crippen LogP) is 0.485. The van der Waals surface area contributed by atoms with Gasteiger partial charge in [0.25, 0.3) is 0 Å². The van der Waals surface area contributed by atoms with Gasteiger partial charge in [0.2, 0.25) is 22.2 Å². The normalized spacial score (nSPS) is 44.3. The fraction of sp³-hybridized carbons (Fsp3) is 0.800. The number of carboxylic acid groups (broad SMARTS) is 1. The first kappa shape index (κ1) is 9.25. The van der Waals surface area contributed by atoms with Crippen molar-refractivity contribution in [1.82, 2.24) is 0 Å². The van der Waals surface area contributed by atoms with Gasteiger partial charge in [0.15, 0.2) is 11.8 Å². The van der Waals surface area contributed by atoms with Crippen LogP contribution >= 0.6 is 27.9 Å².